The van der Waals surface area contributed by atoms with Gasteiger partial charge in [0.25, 0.3) is 0 Å². The molecule has 13 heavy (non-hydrogen) atoms. The molecule has 3 N–H and O–H groups in total. The molecule has 2 aromatic rings. The monoisotopic (exact) mass is 214 g/mol. The van der Waals surface area contributed by atoms with E-state index in [9.17, 15) is 0 Å². The van der Waals surface area contributed by atoms with Crippen LogP contribution in [0.25, 0.3) is 0 Å². The number of hydrogen-bond donors (Lipinski definition) is 2. The first-order valence-corrected chi connectivity index (χ1v) is 4.68. The van der Waals surface area contributed by atoms with Gasteiger partial charge in [0, 0.05) is 16.8 Å². The molecule has 0 aliphatic rings. The summed E-state index contributed by atoms with van der Waals surface area (Å²) in [5.74, 6) is 0. The van der Waals surface area contributed by atoms with Crippen molar-refractivity contribution in [1.82, 2.24) is 4.98 Å². The van der Waals surface area contributed by atoms with Crippen molar-refractivity contribution in [2.24, 2.45) is 5.73 Å². The van der Waals surface area contributed by atoms with Crippen LogP contribution in [-0.4, -0.2) is 4.98 Å². The Balaban J connectivity index is 0.000000845. The summed E-state index contributed by atoms with van der Waals surface area (Å²) < 4.78 is 0. The van der Waals surface area contributed by atoms with Gasteiger partial charge in [-0.3, -0.25) is 0 Å². The first-order chi connectivity index (χ1) is 5.88. The number of halogens is 1. The Hall–Kier alpha value is -0.770. The van der Waals surface area contributed by atoms with E-state index in [-0.39, 0.29) is 18.4 Å². The van der Waals surface area contributed by atoms with Gasteiger partial charge in [0.15, 0.2) is 0 Å². The highest BCUT2D eigenvalue weighted by atomic mass is 35.5. The van der Waals surface area contributed by atoms with Crippen LogP contribution in [0.4, 0.5) is 0 Å². The third-order valence-electron chi connectivity index (χ3n) is 1.81. The molecule has 2 heterocycles. The molecule has 0 radical (unpaired) electrons. The smallest absolute Gasteiger partial charge is 0.0797 e. The minimum atomic E-state index is -0.000000000000000666. The number of H-pyrrole nitrogens is 1. The van der Waals surface area contributed by atoms with Gasteiger partial charge >= 0.3 is 0 Å². The Kier molecular flexibility index (Phi) is 3.54. The average Bonchev–Trinajstić information content (AvgIpc) is 2.77. The number of thiophene rings is 1. The molecule has 0 aliphatic carbocycles. The summed E-state index contributed by atoms with van der Waals surface area (Å²) in [6.45, 7) is 0. The van der Waals surface area contributed by atoms with Gasteiger partial charge < -0.3 is 10.7 Å². The van der Waals surface area contributed by atoms with Gasteiger partial charge in [-0.1, -0.05) is 6.07 Å². The fraction of sp³-hybridized carbons (Fsp3) is 0.111. The molecule has 0 saturated carbocycles. The lowest BCUT2D eigenvalue weighted by Gasteiger charge is -2.05. The Labute approximate surface area is 87.2 Å². The summed E-state index contributed by atoms with van der Waals surface area (Å²) in [6.07, 6.45) is 1.89. The van der Waals surface area contributed by atoms with Crippen LogP contribution in [0.15, 0.2) is 35.8 Å². The van der Waals surface area contributed by atoms with E-state index in [1.54, 1.807) is 11.3 Å². The van der Waals surface area contributed by atoms with Gasteiger partial charge in [0.2, 0.25) is 0 Å². The number of rotatable bonds is 2. The second-order valence-corrected chi connectivity index (χ2v) is 3.60. The van der Waals surface area contributed by atoms with Crippen LogP contribution >= 0.6 is 23.7 Å². The molecule has 2 aromatic heterocycles. The fourth-order valence-electron chi connectivity index (χ4n) is 1.16. The van der Waals surface area contributed by atoms with Crippen LogP contribution in [0.3, 0.4) is 0 Å². The van der Waals surface area contributed by atoms with Crippen molar-refractivity contribution in [3.05, 3.63) is 46.4 Å². The van der Waals surface area contributed by atoms with Crippen LogP contribution in [0.5, 0.6) is 0 Å². The molecule has 2 rings (SSSR count). The van der Waals surface area contributed by atoms with E-state index in [1.165, 1.54) is 4.88 Å². The number of nitrogens with two attached hydrogens (primary N) is 1. The summed E-state index contributed by atoms with van der Waals surface area (Å²) in [6, 6.07) is 8.03. The zero-order chi connectivity index (χ0) is 8.39. The van der Waals surface area contributed by atoms with Gasteiger partial charge in [-0.25, -0.2) is 0 Å². The molecule has 0 bridgehead atoms. The predicted octanol–water partition coefficient (Wildman–Crippen LogP) is 2.55. The zero-order valence-electron chi connectivity index (χ0n) is 6.94. The number of aromatic nitrogens is 1. The van der Waals surface area contributed by atoms with E-state index in [4.69, 9.17) is 5.73 Å². The highest BCUT2D eigenvalue weighted by Gasteiger charge is 2.09. The minimum absolute atomic E-state index is 0. The molecule has 4 heteroatoms. The predicted molar refractivity (Wildman–Crippen MR) is 58.4 cm³/mol. The molecule has 1 atom stereocenters. The van der Waals surface area contributed by atoms with Gasteiger partial charge in [-0.2, -0.15) is 0 Å². The van der Waals surface area contributed by atoms with Crippen molar-refractivity contribution in [2.75, 3.05) is 0 Å². The first kappa shape index (κ1) is 10.3. The molecule has 0 amide bonds. The van der Waals surface area contributed by atoms with E-state index >= 15 is 0 Å². The normalized spacial score (nSPS) is 12.1. The molecule has 0 aliphatic heterocycles. The minimum Gasteiger partial charge on any atom is -0.363 e. The van der Waals surface area contributed by atoms with E-state index in [0.717, 1.165) is 5.69 Å². The SMILES string of the molecule is Cl.N[C@@H](c1ccc[nH]1)c1cccs1. The summed E-state index contributed by atoms with van der Waals surface area (Å²) >= 11 is 1.68. The number of aromatic amines is 1. The van der Waals surface area contributed by atoms with Crippen LogP contribution < -0.4 is 5.73 Å². The Morgan fingerprint density at radius 3 is 2.69 bits per heavy atom. The Bertz CT molecular complexity index is 294. The number of nitrogens with one attached hydrogen (secondary N) is 1. The molecule has 70 valence electrons. The van der Waals surface area contributed by atoms with Crippen molar-refractivity contribution >= 4 is 23.7 Å². The zero-order valence-corrected chi connectivity index (χ0v) is 8.57. The van der Waals surface area contributed by atoms with Crippen LogP contribution in [0.2, 0.25) is 0 Å². The lowest BCUT2D eigenvalue weighted by molar-refractivity contribution is 0.858. The highest BCUT2D eigenvalue weighted by Crippen LogP contribution is 2.21. The quantitative estimate of drug-likeness (QED) is 0.793. The Morgan fingerprint density at radius 2 is 2.15 bits per heavy atom. The van der Waals surface area contributed by atoms with E-state index in [0.29, 0.717) is 0 Å². The molecule has 2 nitrogen and oxygen atoms in total. The van der Waals surface area contributed by atoms with Crippen molar-refractivity contribution in [3.63, 3.8) is 0 Å². The third kappa shape index (κ3) is 2.12. The van der Waals surface area contributed by atoms with Crippen molar-refractivity contribution < 1.29 is 0 Å². The van der Waals surface area contributed by atoms with E-state index in [1.807, 2.05) is 29.8 Å². The fourth-order valence-corrected chi connectivity index (χ4v) is 1.90. The summed E-state index contributed by atoms with van der Waals surface area (Å²) in [5.41, 5.74) is 7.05. The second-order valence-electron chi connectivity index (χ2n) is 2.62. The molecule has 0 saturated heterocycles. The third-order valence-corrected chi connectivity index (χ3v) is 2.76. The van der Waals surface area contributed by atoms with Crippen LogP contribution in [-0.2, 0) is 0 Å². The van der Waals surface area contributed by atoms with Gasteiger partial charge in [0.1, 0.15) is 0 Å². The molecular formula is C9H11ClN2S. The highest BCUT2D eigenvalue weighted by molar-refractivity contribution is 7.10. The lowest BCUT2D eigenvalue weighted by atomic mass is 10.2. The molecule has 0 spiro atoms. The second kappa shape index (κ2) is 4.46. The van der Waals surface area contributed by atoms with Crippen molar-refractivity contribution in [3.8, 4) is 0 Å². The maximum absolute atomic E-state index is 5.98. The largest absolute Gasteiger partial charge is 0.363 e. The maximum atomic E-state index is 5.98. The van der Waals surface area contributed by atoms with Gasteiger partial charge in [-0.05, 0) is 23.6 Å². The summed E-state index contributed by atoms with van der Waals surface area (Å²) in [7, 11) is 0. The maximum Gasteiger partial charge on any atom is 0.0797 e. The molecule has 0 aromatic carbocycles. The Morgan fingerprint density at radius 1 is 1.31 bits per heavy atom. The summed E-state index contributed by atoms with van der Waals surface area (Å²) in [4.78, 5) is 4.30. The lowest BCUT2D eigenvalue weighted by Crippen LogP contribution is -2.10. The van der Waals surface area contributed by atoms with Crippen molar-refractivity contribution in [1.29, 1.82) is 0 Å². The molecule has 0 fully saturated rings. The van der Waals surface area contributed by atoms with E-state index < -0.39 is 0 Å². The van der Waals surface area contributed by atoms with Gasteiger partial charge in [-0.15, -0.1) is 23.7 Å². The standard InChI is InChI=1S/C9H10N2S.ClH/c10-9(7-3-1-5-11-7)8-4-2-6-12-8;/h1-6,9,11H,10H2;1H/t9-;/m0./s1. The van der Waals surface area contributed by atoms with Crippen LogP contribution in [0.1, 0.15) is 16.6 Å². The molecular weight excluding hydrogens is 204 g/mol. The number of hydrogen-bond acceptors (Lipinski definition) is 2. The van der Waals surface area contributed by atoms with Crippen LogP contribution in [0, 0.1) is 0 Å². The van der Waals surface area contributed by atoms with Gasteiger partial charge in [0.05, 0.1) is 6.04 Å². The molecule has 0 unspecified atom stereocenters. The van der Waals surface area contributed by atoms with Crippen molar-refractivity contribution in [2.45, 2.75) is 6.04 Å². The topological polar surface area (TPSA) is 41.8 Å². The first-order valence-electron chi connectivity index (χ1n) is 3.80. The average molecular weight is 215 g/mol. The van der Waals surface area contributed by atoms with E-state index in [2.05, 4.69) is 11.1 Å². The summed E-state index contributed by atoms with van der Waals surface area (Å²) in [5, 5.41) is 2.04.